The first-order valence-electron chi connectivity index (χ1n) is 11.5. The van der Waals surface area contributed by atoms with Crippen molar-refractivity contribution < 1.29 is 18.7 Å². The van der Waals surface area contributed by atoms with Crippen LogP contribution >= 0.6 is 0 Å². The molecular formula is C28H27FN4O3. The van der Waals surface area contributed by atoms with Crippen molar-refractivity contribution in [3.63, 3.8) is 0 Å². The Morgan fingerprint density at radius 2 is 1.67 bits per heavy atom. The molecule has 0 aliphatic carbocycles. The van der Waals surface area contributed by atoms with E-state index in [9.17, 15) is 14.0 Å². The molecule has 0 saturated heterocycles. The molecule has 8 heteroatoms. The maximum Gasteiger partial charge on any atom is 0.254 e. The van der Waals surface area contributed by atoms with Gasteiger partial charge in [0.25, 0.3) is 5.91 Å². The van der Waals surface area contributed by atoms with Crippen molar-refractivity contribution in [3.05, 3.63) is 95.9 Å². The number of ether oxygens (including phenoxy) is 1. The van der Waals surface area contributed by atoms with Crippen LogP contribution in [0.5, 0.6) is 5.75 Å². The van der Waals surface area contributed by atoms with Gasteiger partial charge in [-0.1, -0.05) is 17.7 Å². The third-order valence-corrected chi connectivity index (χ3v) is 5.75. The number of likely N-dealkylation sites (N-methyl/N-ethyl adjacent to an activating group) is 1. The Kier molecular flexibility index (Phi) is 7.44. The number of methoxy groups -OCH3 is 1. The van der Waals surface area contributed by atoms with Crippen molar-refractivity contribution in [2.24, 2.45) is 0 Å². The summed E-state index contributed by atoms with van der Waals surface area (Å²) in [7, 11) is 1.59. The van der Waals surface area contributed by atoms with Crippen LogP contribution in [0.4, 0.5) is 10.3 Å². The van der Waals surface area contributed by atoms with E-state index in [-0.39, 0.29) is 24.2 Å². The summed E-state index contributed by atoms with van der Waals surface area (Å²) >= 11 is 0. The van der Waals surface area contributed by atoms with Crippen LogP contribution in [0.2, 0.25) is 0 Å². The van der Waals surface area contributed by atoms with Gasteiger partial charge < -0.3 is 9.64 Å². The number of nitrogens with one attached hydrogen (secondary N) is 1. The molecule has 4 aromatic rings. The molecule has 0 unspecified atom stereocenters. The van der Waals surface area contributed by atoms with E-state index < -0.39 is 5.91 Å². The molecular weight excluding hydrogens is 459 g/mol. The standard InChI is InChI=1S/C28H27FN4O3/c1-4-32(27(35)21-7-5-19(2)6-8-21)18-26(34)31-28-30-25(20-9-15-24(36-3)16-10-20)17-33(28)23-13-11-22(29)12-14-23/h5-17H,4,18H2,1-3H3,(H,30,31,34). The number of aryl methyl sites for hydroxylation is 1. The molecule has 3 aromatic carbocycles. The van der Waals surface area contributed by atoms with Gasteiger partial charge in [0.05, 0.1) is 12.8 Å². The Balaban J connectivity index is 1.59. The topological polar surface area (TPSA) is 76.5 Å². The van der Waals surface area contributed by atoms with E-state index in [2.05, 4.69) is 10.3 Å². The van der Waals surface area contributed by atoms with E-state index in [4.69, 9.17) is 4.74 Å². The fraction of sp³-hybridized carbons (Fsp3) is 0.179. The van der Waals surface area contributed by atoms with Crippen LogP contribution in [-0.2, 0) is 4.79 Å². The molecule has 36 heavy (non-hydrogen) atoms. The summed E-state index contributed by atoms with van der Waals surface area (Å²) in [5.74, 6) is -0.0200. The molecule has 0 aliphatic heterocycles. The Labute approximate surface area is 209 Å². The Morgan fingerprint density at radius 1 is 1.00 bits per heavy atom. The van der Waals surface area contributed by atoms with Crippen LogP contribution in [0.15, 0.2) is 79.0 Å². The van der Waals surface area contributed by atoms with Crippen molar-refractivity contribution in [1.29, 1.82) is 0 Å². The van der Waals surface area contributed by atoms with Crippen molar-refractivity contribution >= 4 is 17.8 Å². The number of carbonyl (C=O) groups is 2. The Morgan fingerprint density at radius 3 is 2.28 bits per heavy atom. The zero-order valence-electron chi connectivity index (χ0n) is 20.4. The highest BCUT2D eigenvalue weighted by atomic mass is 19.1. The maximum atomic E-state index is 13.5. The number of amides is 2. The van der Waals surface area contributed by atoms with Gasteiger partial charge in [0.2, 0.25) is 11.9 Å². The van der Waals surface area contributed by atoms with Crippen molar-refractivity contribution in [3.8, 4) is 22.7 Å². The highest BCUT2D eigenvalue weighted by molar-refractivity contribution is 5.99. The molecule has 7 nitrogen and oxygen atoms in total. The van der Waals surface area contributed by atoms with Crippen molar-refractivity contribution in [2.45, 2.75) is 13.8 Å². The number of nitrogens with zero attached hydrogens (tertiary/aromatic N) is 3. The lowest BCUT2D eigenvalue weighted by atomic mass is 10.1. The minimum Gasteiger partial charge on any atom is -0.497 e. The molecule has 0 saturated carbocycles. The van der Waals surface area contributed by atoms with Gasteiger partial charge in [-0.25, -0.2) is 9.37 Å². The number of rotatable bonds is 8. The van der Waals surface area contributed by atoms with Crippen LogP contribution in [0, 0.1) is 12.7 Å². The van der Waals surface area contributed by atoms with E-state index in [1.807, 2.05) is 50.2 Å². The summed E-state index contributed by atoms with van der Waals surface area (Å²) in [6.07, 6.45) is 1.76. The third-order valence-electron chi connectivity index (χ3n) is 5.75. The molecule has 0 aliphatic rings. The maximum absolute atomic E-state index is 13.5. The van der Waals surface area contributed by atoms with Gasteiger partial charge in [-0.3, -0.25) is 19.5 Å². The largest absolute Gasteiger partial charge is 0.497 e. The lowest BCUT2D eigenvalue weighted by Gasteiger charge is -2.20. The van der Waals surface area contributed by atoms with Gasteiger partial charge in [-0.2, -0.15) is 0 Å². The number of halogens is 1. The number of carbonyl (C=O) groups excluding carboxylic acids is 2. The zero-order valence-corrected chi connectivity index (χ0v) is 20.4. The number of benzene rings is 3. The highest BCUT2D eigenvalue weighted by Crippen LogP contribution is 2.26. The minimum atomic E-state index is -0.396. The molecule has 4 rings (SSSR count). The van der Waals surface area contributed by atoms with Gasteiger partial charge >= 0.3 is 0 Å². The molecule has 0 spiro atoms. The van der Waals surface area contributed by atoms with E-state index in [0.717, 1.165) is 11.1 Å². The number of hydrogen-bond acceptors (Lipinski definition) is 4. The summed E-state index contributed by atoms with van der Waals surface area (Å²) in [4.78, 5) is 32.0. The average Bonchev–Trinajstić information content (AvgIpc) is 3.31. The summed E-state index contributed by atoms with van der Waals surface area (Å²) < 4.78 is 20.4. The average molecular weight is 487 g/mol. The van der Waals surface area contributed by atoms with Gasteiger partial charge in [0.15, 0.2) is 0 Å². The summed E-state index contributed by atoms with van der Waals surface area (Å²) in [5.41, 5.74) is 3.62. The van der Waals surface area contributed by atoms with Crippen molar-refractivity contribution in [2.75, 3.05) is 25.5 Å². The second-order valence-corrected chi connectivity index (χ2v) is 8.26. The fourth-order valence-electron chi connectivity index (χ4n) is 3.71. The zero-order chi connectivity index (χ0) is 25.7. The molecule has 0 bridgehead atoms. The first-order chi connectivity index (χ1) is 17.4. The van der Waals surface area contributed by atoms with E-state index >= 15 is 0 Å². The van der Waals surface area contributed by atoms with Crippen LogP contribution in [0.25, 0.3) is 16.9 Å². The number of hydrogen-bond donors (Lipinski definition) is 1. The molecule has 184 valence electrons. The molecule has 0 atom stereocenters. The minimum absolute atomic E-state index is 0.142. The summed E-state index contributed by atoms with van der Waals surface area (Å²) in [6, 6.07) is 20.5. The SMILES string of the molecule is CCN(CC(=O)Nc1nc(-c2ccc(OC)cc2)cn1-c1ccc(F)cc1)C(=O)c1ccc(C)cc1. The lowest BCUT2D eigenvalue weighted by Crippen LogP contribution is -2.38. The molecule has 1 heterocycles. The summed E-state index contributed by atoms with van der Waals surface area (Å²) in [6.45, 7) is 3.99. The third kappa shape index (κ3) is 5.60. The Bertz CT molecular complexity index is 1350. The van der Waals surface area contributed by atoms with Crippen LogP contribution in [0.1, 0.15) is 22.8 Å². The quantitative estimate of drug-likeness (QED) is 0.376. The molecule has 1 aromatic heterocycles. The predicted molar refractivity (Wildman–Crippen MR) is 137 cm³/mol. The second-order valence-electron chi connectivity index (χ2n) is 8.26. The van der Waals surface area contributed by atoms with Crippen LogP contribution < -0.4 is 10.1 Å². The molecule has 1 N–H and O–H groups in total. The van der Waals surface area contributed by atoms with Gasteiger partial charge in [0, 0.05) is 29.6 Å². The van der Waals surface area contributed by atoms with Crippen LogP contribution in [0.3, 0.4) is 0 Å². The Hall–Kier alpha value is -4.46. The fourth-order valence-corrected chi connectivity index (χ4v) is 3.71. The predicted octanol–water partition coefficient (Wildman–Crippen LogP) is 5.10. The molecule has 0 fully saturated rings. The van der Waals surface area contributed by atoms with Crippen molar-refractivity contribution in [1.82, 2.24) is 14.5 Å². The van der Waals surface area contributed by atoms with Crippen LogP contribution in [-0.4, -0.2) is 46.5 Å². The smallest absolute Gasteiger partial charge is 0.254 e. The number of anilines is 1. The lowest BCUT2D eigenvalue weighted by molar-refractivity contribution is -0.116. The summed E-state index contributed by atoms with van der Waals surface area (Å²) in [5, 5.41) is 2.82. The van der Waals surface area contributed by atoms with Gasteiger partial charge in [-0.15, -0.1) is 0 Å². The normalized spacial score (nSPS) is 10.7. The van der Waals surface area contributed by atoms with E-state index in [1.165, 1.54) is 17.0 Å². The number of imidazole rings is 1. The second kappa shape index (κ2) is 10.9. The first-order valence-corrected chi connectivity index (χ1v) is 11.5. The monoisotopic (exact) mass is 486 g/mol. The van der Waals surface area contributed by atoms with Gasteiger partial charge in [-0.05, 0) is 74.5 Å². The highest BCUT2D eigenvalue weighted by Gasteiger charge is 2.20. The molecule has 0 radical (unpaired) electrons. The van der Waals surface area contributed by atoms with E-state index in [0.29, 0.717) is 29.2 Å². The van der Waals surface area contributed by atoms with Gasteiger partial charge in [0.1, 0.15) is 18.1 Å². The first kappa shape index (κ1) is 24.7. The van der Waals surface area contributed by atoms with E-state index in [1.54, 1.807) is 42.1 Å². The number of aromatic nitrogens is 2. The molecule has 2 amide bonds.